The first kappa shape index (κ1) is 22.1. The molecule has 5 rings (SSSR count). The van der Waals surface area contributed by atoms with Gasteiger partial charge in [-0.3, -0.25) is 4.79 Å². The summed E-state index contributed by atoms with van der Waals surface area (Å²) in [5, 5.41) is 15.1. The van der Waals surface area contributed by atoms with E-state index in [-0.39, 0.29) is 5.56 Å². The van der Waals surface area contributed by atoms with Gasteiger partial charge in [-0.2, -0.15) is 15.3 Å². The predicted molar refractivity (Wildman–Crippen MR) is 134 cm³/mol. The van der Waals surface area contributed by atoms with Crippen molar-refractivity contribution in [3.63, 3.8) is 0 Å². The molecule has 0 unspecified atom stereocenters. The fourth-order valence-corrected chi connectivity index (χ4v) is 4.07. The lowest BCUT2D eigenvalue weighted by Gasteiger charge is -2.12. The monoisotopic (exact) mass is 490 g/mol. The summed E-state index contributed by atoms with van der Waals surface area (Å²) in [5.74, 6) is 0. The molecule has 0 fully saturated rings. The molecule has 0 bridgehead atoms. The van der Waals surface area contributed by atoms with Crippen molar-refractivity contribution in [3.8, 4) is 33.9 Å². The molecule has 0 radical (unpaired) electrons. The average molecular weight is 491 g/mol. The van der Waals surface area contributed by atoms with Crippen LogP contribution in [0.25, 0.3) is 33.9 Å². The largest absolute Gasteiger partial charge is 0.294 e. The van der Waals surface area contributed by atoms with Crippen molar-refractivity contribution in [2.24, 2.45) is 7.05 Å². The zero-order chi connectivity index (χ0) is 24.0. The Bertz CT molecular complexity index is 1560. The summed E-state index contributed by atoms with van der Waals surface area (Å²) in [5.41, 5.74) is 5.59. The van der Waals surface area contributed by atoms with Crippen molar-refractivity contribution in [1.82, 2.24) is 29.3 Å². The third kappa shape index (κ3) is 3.93. The molecule has 0 N–H and O–H groups in total. The number of halogens is 2. The van der Waals surface area contributed by atoms with Gasteiger partial charge in [-0.15, -0.1) is 0 Å². The van der Waals surface area contributed by atoms with E-state index in [4.69, 9.17) is 33.4 Å². The molecule has 0 atom stereocenters. The summed E-state index contributed by atoms with van der Waals surface area (Å²) in [6.45, 7) is 3.84. The lowest BCUT2D eigenvalue weighted by atomic mass is 10.1. The number of nitrogens with zero attached hydrogens (tertiary/aromatic N) is 6. The van der Waals surface area contributed by atoms with Crippen LogP contribution in [-0.4, -0.2) is 29.3 Å². The first-order valence-corrected chi connectivity index (χ1v) is 11.3. The van der Waals surface area contributed by atoms with Crippen LogP contribution in [0.15, 0.2) is 71.7 Å². The van der Waals surface area contributed by atoms with Gasteiger partial charge in [-0.1, -0.05) is 47.5 Å². The van der Waals surface area contributed by atoms with Crippen LogP contribution in [0.3, 0.4) is 0 Å². The molecule has 0 saturated heterocycles. The quantitative estimate of drug-likeness (QED) is 0.337. The highest BCUT2D eigenvalue weighted by atomic mass is 35.5. The highest BCUT2D eigenvalue weighted by Crippen LogP contribution is 2.26. The zero-order valence-corrected chi connectivity index (χ0v) is 20.2. The smallest absolute Gasteiger partial charge is 0.265 e. The number of aryl methyl sites for hydroxylation is 3. The average Bonchev–Trinajstić information content (AvgIpc) is 3.39. The lowest BCUT2D eigenvalue weighted by Crippen LogP contribution is -2.27. The van der Waals surface area contributed by atoms with Crippen LogP contribution in [-0.2, 0) is 7.05 Å². The summed E-state index contributed by atoms with van der Waals surface area (Å²) >= 11 is 12.1. The molecule has 0 amide bonds. The van der Waals surface area contributed by atoms with Crippen LogP contribution in [0.4, 0.5) is 0 Å². The SMILES string of the molecule is Cc1cc(-c2ccc(Cl)cc2)nn1-c1cnn(C)c(=O)c1-n1nc(-c2ccc(Cl)cc2)cc1C. The predicted octanol–water partition coefficient (Wildman–Crippen LogP) is 5.41. The maximum atomic E-state index is 13.3. The van der Waals surface area contributed by atoms with E-state index in [1.165, 1.54) is 4.68 Å². The third-order valence-corrected chi connectivity index (χ3v) is 6.09. The molecular formula is C25H20Cl2N6O. The molecule has 3 heterocycles. The van der Waals surface area contributed by atoms with Gasteiger partial charge in [0, 0.05) is 39.6 Å². The molecule has 0 spiro atoms. The number of aromatic nitrogens is 6. The highest BCUT2D eigenvalue weighted by Gasteiger charge is 2.20. The van der Waals surface area contributed by atoms with E-state index < -0.39 is 0 Å². The fraction of sp³-hybridized carbons (Fsp3) is 0.120. The van der Waals surface area contributed by atoms with Gasteiger partial charge >= 0.3 is 0 Å². The van der Waals surface area contributed by atoms with Gasteiger partial charge in [-0.25, -0.2) is 14.0 Å². The maximum Gasteiger partial charge on any atom is 0.294 e. The molecular weight excluding hydrogens is 471 g/mol. The molecule has 0 aliphatic heterocycles. The van der Waals surface area contributed by atoms with Crippen molar-refractivity contribution < 1.29 is 0 Å². The van der Waals surface area contributed by atoms with E-state index in [0.29, 0.717) is 21.4 Å². The standard InChI is InChI=1S/C25H20Cl2N6O/c1-15-12-21(17-4-8-19(26)9-5-17)29-32(15)23-14-28-31(3)25(34)24(23)33-16(2)13-22(30-33)18-6-10-20(27)11-7-18/h4-14H,1-3H3. The van der Waals surface area contributed by atoms with Gasteiger partial charge < -0.3 is 0 Å². The van der Waals surface area contributed by atoms with E-state index in [1.807, 2.05) is 74.5 Å². The third-order valence-electron chi connectivity index (χ3n) is 5.59. The Morgan fingerprint density at radius 2 is 1.21 bits per heavy atom. The molecule has 5 aromatic rings. The van der Waals surface area contributed by atoms with Crippen molar-refractivity contribution >= 4 is 23.2 Å². The minimum Gasteiger partial charge on any atom is -0.265 e. The van der Waals surface area contributed by atoms with Crippen molar-refractivity contribution in [2.45, 2.75) is 13.8 Å². The van der Waals surface area contributed by atoms with Crippen molar-refractivity contribution in [2.75, 3.05) is 0 Å². The second-order valence-electron chi connectivity index (χ2n) is 7.99. The summed E-state index contributed by atoms with van der Waals surface area (Å²) < 4.78 is 4.66. The highest BCUT2D eigenvalue weighted by molar-refractivity contribution is 6.30. The molecule has 0 aliphatic carbocycles. The number of benzene rings is 2. The van der Waals surface area contributed by atoms with E-state index >= 15 is 0 Å². The van der Waals surface area contributed by atoms with Crippen LogP contribution in [0, 0.1) is 13.8 Å². The normalized spacial score (nSPS) is 11.2. The minimum absolute atomic E-state index is 0.283. The van der Waals surface area contributed by atoms with Gasteiger partial charge in [0.25, 0.3) is 5.56 Å². The van der Waals surface area contributed by atoms with Crippen LogP contribution in [0.1, 0.15) is 11.4 Å². The fourth-order valence-electron chi connectivity index (χ4n) is 3.81. The first-order chi connectivity index (χ1) is 16.3. The maximum absolute atomic E-state index is 13.3. The lowest BCUT2D eigenvalue weighted by molar-refractivity contribution is 0.671. The van der Waals surface area contributed by atoms with Crippen LogP contribution >= 0.6 is 23.2 Å². The van der Waals surface area contributed by atoms with Crippen molar-refractivity contribution in [3.05, 3.63) is 98.6 Å². The molecule has 0 aliphatic rings. The number of hydrogen-bond acceptors (Lipinski definition) is 4. The van der Waals surface area contributed by atoms with Gasteiger partial charge in [0.1, 0.15) is 5.69 Å². The Morgan fingerprint density at radius 3 is 1.74 bits per heavy atom. The molecule has 9 heteroatoms. The summed E-state index contributed by atoms with van der Waals surface area (Å²) in [6.07, 6.45) is 1.63. The van der Waals surface area contributed by atoms with Crippen molar-refractivity contribution in [1.29, 1.82) is 0 Å². The van der Waals surface area contributed by atoms with Gasteiger partial charge in [-0.05, 0) is 50.2 Å². The van der Waals surface area contributed by atoms with Crippen LogP contribution < -0.4 is 5.56 Å². The first-order valence-electron chi connectivity index (χ1n) is 10.5. The Kier molecular flexibility index (Phi) is 5.59. The topological polar surface area (TPSA) is 70.5 Å². The second-order valence-corrected chi connectivity index (χ2v) is 8.86. The van der Waals surface area contributed by atoms with E-state index in [2.05, 4.69) is 5.10 Å². The molecule has 0 saturated carbocycles. The number of rotatable bonds is 4. The Hall–Kier alpha value is -3.68. The van der Waals surface area contributed by atoms with Crippen LogP contribution in [0.5, 0.6) is 0 Å². The molecule has 7 nitrogen and oxygen atoms in total. The van der Waals surface area contributed by atoms with Crippen LogP contribution in [0.2, 0.25) is 10.0 Å². The van der Waals surface area contributed by atoms with E-state index in [9.17, 15) is 4.79 Å². The summed E-state index contributed by atoms with van der Waals surface area (Å²) in [7, 11) is 1.61. The Balaban J connectivity index is 1.67. The van der Waals surface area contributed by atoms with Gasteiger partial charge in [0.05, 0.1) is 17.6 Å². The van der Waals surface area contributed by atoms with E-state index in [1.54, 1.807) is 22.6 Å². The van der Waals surface area contributed by atoms with Gasteiger partial charge in [0.15, 0.2) is 5.69 Å². The molecule has 170 valence electrons. The Labute approximate surface area is 205 Å². The minimum atomic E-state index is -0.283. The zero-order valence-electron chi connectivity index (χ0n) is 18.7. The Morgan fingerprint density at radius 1 is 0.735 bits per heavy atom. The number of hydrogen-bond donors (Lipinski definition) is 0. The van der Waals surface area contributed by atoms with Gasteiger partial charge in [0.2, 0.25) is 0 Å². The second kappa shape index (κ2) is 8.59. The van der Waals surface area contributed by atoms with E-state index in [0.717, 1.165) is 33.9 Å². The molecule has 3 aromatic heterocycles. The summed E-state index contributed by atoms with van der Waals surface area (Å²) in [4.78, 5) is 13.3. The summed E-state index contributed by atoms with van der Waals surface area (Å²) in [6, 6.07) is 18.8. The molecule has 2 aromatic carbocycles. The molecule has 34 heavy (non-hydrogen) atoms.